The van der Waals surface area contributed by atoms with Gasteiger partial charge < -0.3 is 10.2 Å². The largest absolute Gasteiger partial charge is 0.367 e. The molecule has 2 rings (SSSR count). The molecule has 0 atom stereocenters. The number of hydrazone groups is 1. The van der Waals surface area contributed by atoms with E-state index in [-0.39, 0.29) is 5.82 Å². The Morgan fingerprint density at radius 2 is 2.12 bits per heavy atom. The molecule has 1 saturated heterocycles. The van der Waals surface area contributed by atoms with Crippen molar-refractivity contribution in [2.24, 2.45) is 5.10 Å². The van der Waals surface area contributed by atoms with Crippen LogP contribution in [0.25, 0.3) is 0 Å². The van der Waals surface area contributed by atoms with Crippen molar-refractivity contribution in [2.45, 2.75) is 0 Å². The Kier molecular flexibility index (Phi) is 3.58. The first-order chi connectivity index (χ1) is 8.22. The third-order valence-corrected chi connectivity index (χ3v) is 2.97. The lowest BCUT2D eigenvalue weighted by Gasteiger charge is -2.30. The number of nitrogens with one attached hydrogen (secondary N) is 1. The van der Waals surface area contributed by atoms with Gasteiger partial charge in [-0.1, -0.05) is 0 Å². The number of rotatable bonds is 3. The molecular formula is C12H17FN4. The molecule has 1 aliphatic heterocycles. The summed E-state index contributed by atoms with van der Waals surface area (Å²) in [7, 11) is 1.74. The predicted molar refractivity (Wildman–Crippen MR) is 69.4 cm³/mol. The van der Waals surface area contributed by atoms with Crippen LogP contribution in [0.1, 0.15) is 0 Å². The molecule has 1 heterocycles. The second-order valence-electron chi connectivity index (χ2n) is 4.04. The average Bonchev–Trinajstić information content (AvgIpc) is 2.38. The fourth-order valence-corrected chi connectivity index (χ4v) is 1.94. The van der Waals surface area contributed by atoms with Gasteiger partial charge in [0.15, 0.2) is 0 Å². The van der Waals surface area contributed by atoms with Gasteiger partial charge in [0.2, 0.25) is 0 Å². The first kappa shape index (κ1) is 11.9. The molecule has 92 valence electrons. The summed E-state index contributed by atoms with van der Waals surface area (Å²) in [5, 5.41) is 8.53. The molecule has 0 aliphatic carbocycles. The van der Waals surface area contributed by atoms with Crippen LogP contribution in [0.4, 0.5) is 15.8 Å². The predicted octanol–water partition coefficient (Wildman–Crippen LogP) is 1.29. The summed E-state index contributed by atoms with van der Waals surface area (Å²) in [6.45, 7) is 6.89. The minimum atomic E-state index is -0.208. The van der Waals surface area contributed by atoms with Crippen LogP contribution in [0.3, 0.4) is 0 Å². The van der Waals surface area contributed by atoms with E-state index in [1.54, 1.807) is 18.1 Å². The summed E-state index contributed by atoms with van der Waals surface area (Å²) in [6, 6.07) is 5.15. The van der Waals surface area contributed by atoms with Gasteiger partial charge in [-0.25, -0.2) is 4.39 Å². The van der Waals surface area contributed by atoms with Crippen LogP contribution in [-0.2, 0) is 0 Å². The van der Waals surface area contributed by atoms with E-state index in [0.717, 1.165) is 26.2 Å². The Morgan fingerprint density at radius 3 is 2.71 bits per heavy atom. The lowest BCUT2D eigenvalue weighted by Crippen LogP contribution is -2.43. The molecule has 0 aromatic heterocycles. The van der Waals surface area contributed by atoms with Gasteiger partial charge in [0.05, 0.1) is 11.4 Å². The van der Waals surface area contributed by atoms with E-state index in [0.29, 0.717) is 11.4 Å². The highest BCUT2D eigenvalue weighted by Gasteiger charge is 2.15. The molecule has 0 spiro atoms. The van der Waals surface area contributed by atoms with Gasteiger partial charge in [-0.3, -0.25) is 5.01 Å². The van der Waals surface area contributed by atoms with Gasteiger partial charge in [0.1, 0.15) is 5.82 Å². The number of piperazine rings is 1. The van der Waals surface area contributed by atoms with Crippen LogP contribution in [0.5, 0.6) is 0 Å². The Hall–Kier alpha value is -1.62. The maximum absolute atomic E-state index is 14.0. The Bertz CT molecular complexity index is 401. The van der Waals surface area contributed by atoms with Gasteiger partial charge in [-0.15, -0.1) is 0 Å². The van der Waals surface area contributed by atoms with Crippen LogP contribution >= 0.6 is 0 Å². The molecule has 1 aromatic rings. The van der Waals surface area contributed by atoms with E-state index in [1.165, 1.54) is 6.07 Å². The molecule has 0 unspecified atom stereocenters. The van der Waals surface area contributed by atoms with Crippen LogP contribution < -0.4 is 15.2 Å². The number of halogens is 1. The fraction of sp³-hybridized carbons (Fsp3) is 0.417. The molecule has 1 aromatic carbocycles. The van der Waals surface area contributed by atoms with E-state index in [9.17, 15) is 4.39 Å². The maximum atomic E-state index is 14.0. The highest BCUT2D eigenvalue weighted by Crippen LogP contribution is 2.24. The third kappa shape index (κ3) is 2.55. The summed E-state index contributed by atoms with van der Waals surface area (Å²) in [5.41, 5.74) is 1.36. The summed E-state index contributed by atoms with van der Waals surface area (Å²) in [5.74, 6) is -0.208. The molecule has 0 bridgehead atoms. The third-order valence-electron chi connectivity index (χ3n) is 2.97. The van der Waals surface area contributed by atoms with Gasteiger partial charge >= 0.3 is 0 Å². The normalized spacial score (nSPS) is 15.8. The van der Waals surface area contributed by atoms with E-state index in [4.69, 9.17) is 0 Å². The second kappa shape index (κ2) is 5.14. The Labute approximate surface area is 101 Å². The summed E-state index contributed by atoms with van der Waals surface area (Å²) >= 11 is 0. The van der Waals surface area contributed by atoms with Gasteiger partial charge in [-0.05, 0) is 12.1 Å². The van der Waals surface area contributed by atoms with Crippen LogP contribution in [0.2, 0.25) is 0 Å². The molecule has 4 nitrogen and oxygen atoms in total. The zero-order valence-electron chi connectivity index (χ0n) is 9.99. The molecule has 0 amide bonds. The number of anilines is 2. The lowest BCUT2D eigenvalue weighted by atomic mass is 10.2. The Morgan fingerprint density at radius 1 is 1.41 bits per heavy atom. The second-order valence-corrected chi connectivity index (χ2v) is 4.04. The van der Waals surface area contributed by atoms with E-state index in [1.807, 2.05) is 6.07 Å². The molecule has 5 heteroatoms. The Balaban J connectivity index is 2.21. The zero-order valence-corrected chi connectivity index (χ0v) is 9.99. The quantitative estimate of drug-likeness (QED) is 0.633. The average molecular weight is 236 g/mol. The minimum absolute atomic E-state index is 0.208. The van der Waals surface area contributed by atoms with Crippen molar-refractivity contribution in [3.63, 3.8) is 0 Å². The first-order valence-electron chi connectivity index (χ1n) is 5.68. The minimum Gasteiger partial charge on any atom is -0.367 e. The number of benzene rings is 1. The summed E-state index contributed by atoms with van der Waals surface area (Å²) < 4.78 is 14.0. The number of hydrogen-bond acceptors (Lipinski definition) is 4. The van der Waals surface area contributed by atoms with Crippen molar-refractivity contribution < 1.29 is 4.39 Å². The monoisotopic (exact) mass is 236 g/mol. The van der Waals surface area contributed by atoms with Gasteiger partial charge in [-0.2, -0.15) is 5.10 Å². The van der Waals surface area contributed by atoms with Crippen LogP contribution in [0.15, 0.2) is 23.3 Å². The topological polar surface area (TPSA) is 30.9 Å². The first-order valence-corrected chi connectivity index (χ1v) is 5.68. The molecular weight excluding hydrogens is 219 g/mol. The molecule has 1 N–H and O–H groups in total. The van der Waals surface area contributed by atoms with Crippen molar-refractivity contribution in [1.82, 2.24) is 5.32 Å². The van der Waals surface area contributed by atoms with E-state index < -0.39 is 0 Å². The molecule has 1 fully saturated rings. The molecule has 0 radical (unpaired) electrons. The van der Waals surface area contributed by atoms with Gasteiger partial charge in [0.25, 0.3) is 0 Å². The highest BCUT2D eigenvalue weighted by atomic mass is 19.1. The molecule has 0 saturated carbocycles. The van der Waals surface area contributed by atoms with Crippen molar-refractivity contribution in [3.8, 4) is 0 Å². The summed E-state index contributed by atoms with van der Waals surface area (Å²) in [6.07, 6.45) is 0. The number of nitrogens with zero attached hydrogens (tertiary/aromatic N) is 3. The lowest BCUT2D eigenvalue weighted by molar-refractivity contribution is 0.566. The van der Waals surface area contributed by atoms with Crippen molar-refractivity contribution in [3.05, 3.63) is 24.0 Å². The highest BCUT2D eigenvalue weighted by molar-refractivity contribution is 5.57. The SMILES string of the molecule is C=NN(C)c1ccc(N2CCNCC2)c(F)c1. The standard InChI is InChI=1S/C12H17FN4/c1-14-16(2)10-3-4-12(11(13)9-10)17-7-5-15-6-8-17/h3-4,9,15H,1,5-8H2,2H3. The van der Waals surface area contributed by atoms with Gasteiger partial charge in [0, 0.05) is 46.0 Å². The number of hydrogen-bond donors (Lipinski definition) is 1. The fourth-order valence-electron chi connectivity index (χ4n) is 1.94. The van der Waals surface area contributed by atoms with Crippen molar-refractivity contribution >= 4 is 18.1 Å². The van der Waals surface area contributed by atoms with Crippen LogP contribution in [0, 0.1) is 5.82 Å². The maximum Gasteiger partial charge on any atom is 0.148 e. The van der Waals surface area contributed by atoms with E-state index in [2.05, 4.69) is 22.0 Å². The van der Waals surface area contributed by atoms with E-state index >= 15 is 0 Å². The molecule has 1 aliphatic rings. The summed E-state index contributed by atoms with van der Waals surface area (Å²) in [4.78, 5) is 2.05. The van der Waals surface area contributed by atoms with Crippen LogP contribution in [-0.4, -0.2) is 39.9 Å². The molecule has 17 heavy (non-hydrogen) atoms. The smallest absolute Gasteiger partial charge is 0.148 e. The zero-order chi connectivity index (χ0) is 12.3. The van der Waals surface area contributed by atoms with Crippen molar-refractivity contribution in [1.29, 1.82) is 0 Å². The van der Waals surface area contributed by atoms with Crippen molar-refractivity contribution in [2.75, 3.05) is 43.1 Å².